The van der Waals surface area contributed by atoms with Gasteiger partial charge in [0, 0.05) is 48.6 Å². The normalized spacial score (nSPS) is 15.4. The molecule has 39 heavy (non-hydrogen) atoms. The summed E-state index contributed by atoms with van der Waals surface area (Å²) < 4.78 is 11.0. The highest BCUT2D eigenvalue weighted by atomic mass is 35.5. The first-order valence-electron chi connectivity index (χ1n) is 13.2. The fourth-order valence-electron chi connectivity index (χ4n) is 5.19. The molecule has 0 aliphatic carbocycles. The van der Waals surface area contributed by atoms with Gasteiger partial charge in [0.1, 0.15) is 5.60 Å². The van der Waals surface area contributed by atoms with Crippen LogP contribution in [-0.2, 0) is 23.3 Å². The minimum Gasteiger partial charge on any atom is -0.450 e. The molecule has 7 nitrogen and oxygen atoms in total. The van der Waals surface area contributed by atoms with Gasteiger partial charge in [0.05, 0.1) is 0 Å². The van der Waals surface area contributed by atoms with Crippen molar-refractivity contribution in [2.75, 3.05) is 13.1 Å². The average molecular weight is 546 g/mol. The van der Waals surface area contributed by atoms with Crippen LogP contribution in [0, 0.1) is 5.92 Å². The topological polar surface area (TPSA) is 88.7 Å². The number of carboxylic acid groups (broad SMARTS) is 1. The second-order valence-corrected chi connectivity index (χ2v) is 10.9. The molecule has 3 aromatic carbocycles. The summed E-state index contributed by atoms with van der Waals surface area (Å²) in [7, 11) is 0. The van der Waals surface area contributed by atoms with Crippen molar-refractivity contribution in [3.63, 3.8) is 0 Å². The number of benzene rings is 3. The zero-order valence-corrected chi connectivity index (χ0v) is 22.9. The van der Waals surface area contributed by atoms with Crippen LogP contribution in [-0.4, -0.2) is 39.4 Å². The van der Waals surface area contributed by atoms with Crippen LogP contribution in [0.3, 0.4) is 0 Å². The molecule has 0 saturated carbocycles. The number of aromatic nitrogens is 2. The van der Waals surface area contributed by atoms with Gasteiger partial charge in [-0.05, 0) is 41.2 Å². The number of hydrogen-bond donors (Lipinski definition) is 1. The molecule has 5 rings (SSSR count). The Morgan fingerprint density at radius 2 is 1.74 bits per heavy atom. The SMILES string of the molecule is CC(C)Cc1ccc(-c2nc(-c3ccc(CN4CCC(OC(=O)O)(c5ccccc5)CC4)cc3)no2)cc1Cl. The van der Waals surface area contributed by atoms with Gasteiger partial charge in [0.25, 0.3) is 5.89 Å². The monoisotopic (exact) mass is 545 g/mol. The molecule has 0 bridgehead atoms. The summed E-state index contributed by atoms with van der Waals surface area (Å²) in [6.07, 6.45) is 0.895. The fourth-order valence-corrected chi connectivity index (χ4v) is 5.45. The van der Waals surface area contributed by atoms with E-state index in [2.05, 4.69) is 41.0 Å². The number of carbonyl (C=O) groups is 1. The summed E-state index contributed by atoms with van der Waals surface area (Å²) in [6.45, 7) is 6.56. The molecule has 0 radical (unpaired) electrons. The Hall–Kier alpha value is -3.68. The van der Waals surface area contributed by atoms with Crippen molar-refractivity contribution in [2.24, 2.45) is 5.92 Å². The molecule has 0 unspecified atom stereocenters. The molecule has 0 spiro atoms. The first kappa shape index (κ1) is 26.9. The lowest BCUT2D eigenvalue weighted by molar-refractivity contribution is -0.0621. The summed E-state index contributed by atoms with van der Waals surface area (Å²) in [4.78, 5) is 18.4. The van der Waals surface area contributed by atoms with Gasteiger partial charge in [0.2, 0.25) is 5.82 Å². The van der Waals surface area contributed by atoms with E-state index in [0.717, 1.165) is 53.9 Å². The zero-order valence-electron chi connectivity index (χ0n) is 22.1. The van der Waals surface area contributed by atoms with E-state index in [1.165, 1.54) is 0 Å². The summed E-state index contributed by atoms with van der Waals surface area (Å²) in [5.74, 6) is 1.48. The van der Waals surface area contributed by atoms with E-state index in [1.54, 1.807) is 0 Å². The number of rotatable bonds is 8. The Kier molecular flexibility index (Phi) is 8.00. The lowest BCUT2D eigenvalue weighted by Gasteiger charge is -2.40. The van der Waals surface area contributed by atoms with E-state index < -0.39 is 11.8 Å². The number of piperidine rings is 1. The molecule has 1 aliphatic heterocycles. The predicted molar refractivity (Wildman–Crippen MR) is 150 cm³/mol. The van der Waals surface area contributed by atoms with E-state index >= 15 is 0 Å². The predicted octanol–water partition coefficient (Wildman–Crippen LogP) is 7.44. The fraction of sp³-hybridized carbons (Fsp3) is 0.323. The third kappa shape index (κ3) is 6.32. The van der Waals surface area contributed by atoms with Crippen molar-refractivity contribution in [3.8, 4) is 22.8 Å². The van der Waals surface area contributed by atoms with Crippen LogP contribution in [0.2, 0.25) is 5.02 Å². The minimum absolute atomic E-state index is 0.436. The number of ether oxygens (including phenoxy) is 1. The molecular formula is C31H32ClN3O4. The Morgan fingerprint density at radius 1 is 1.05 bits per heavy atom. The van der Waals surface area contributed by atoms with Crippen molar-refractivity contribution >= 4 is 17.8 Å². The van der Waals surface area contributed by atoms with Crippen molar-refractivity contribution in [1.29, 1.82) is 0 Å². The van der Waals surface area contributed by atoms with E-state index in [4.69, 9.17) is 20.9 Å². The van der Waals surface area contributed by atoms with Crippen LogP contribution in [0.25, 0.3) is 22.8 Å². The first-order valence-corrected chi connectivity index (χ1v) is 13.6. The Balaban J connectivity index is 1.22. The highest BCUT2D eigenvalue weighted by molar-refractivity contribution is 6.31. The summed E-state index contributed by atoms with van der Waals surface area (Å²) >= 11 is 6.49. The third-order valence-electron chi connectivity index (χ3n) is 7.22. The van der Waals surface area contributed by atoms with Crippen molar-refractivity contribution in [2.45, 2.75) is 45.3 Å². The molecule has 0 atom stereocenters. The molecule has 4 aromatic rings. The van der Waals surface area contributed by atoms with Crippen LogP contribution in [0.4, 0.5) is 4.79 Å². The molecule has 1 aromatic heterocycles. The van der Waals surface area contributed by atoms with E-state index in [1.807, 2.05) is 60.7 Å². The number of halogens is 1. The first-order chi connectivity index (χ1) is 18.8. The van der Waals surface area contributed by atoms with E-state index in [-0.39, 0.29) is 0 Å². The average Bonchev–Trinajstić information content (AvgIpc) is 3.42. The maximum absolute atomic E-state index is 11.5. The Labute approximate surface area is 233 Å². The van der Waals surface area contributed by atoms with Gasteiger partial charge in [-0.2, -0.15) is 4.98 Å². The van der Waals surface area contributed by atoms with Crippen molar-refractivity contribution in [1.82, 2.24) is 15.0 Å². The molecule has 1 N–H and O–H groups in total. The lowest BCUT2D eigenvalue weighted by Crippen LogP contribution is -2.44. The van der Waals surface area contributed by atoms with Gasteiger partial charge in [-0.15, -0.1) is 0 Å². The van der Waals surface area contributed by atoms with Gasteiger partial charge >= 0.3 is 6.16 Å². The summed E-state index contributed by atoms with van der Waals surface area (Å²) in [6, 6.07) is 23.6. The Morgan fingerprint density at radius 3 is 2.38 bits per heavy atom. The van der Waals surface area contributed by atoms with Gasteiger partial charge in [-0.1, -0.05) is 91.3 Å². The number of nitrogens with zero attached hydrogens (tertiary/aromatic N) is 3. The molecule has 1 fully saturated rings. The quantitative estimate of drug-likeness (QED) is 0.230. The van der Waals surface area contributed by atoms with Crippen LogP contribution < -0.4 is 0 Å². The Bertz CT molecular complexity index is 1410. The van der Waals surface area contributed by atoms with Crippen LogP contribution in [0.15, 0.2) is 77.3 Å². The highest BCUT2D eigenvalue weighted by Crippen LogP contribution is 2.37. The summed E-state index contributed by atoms with van der Waals surface area (Å²) in [5.41, 5.74) is 4.04. The van der Waals surface area contributed by atoms with Crippen molar-refractivity contribution < 1.29 is 19.2 Å². The maximum Gasteiger partial charge on any atom is 0.506 e. The third-order valence-corrected chi connectivity index (χ3v) is 7.57. The van der Waals surface area contributed by atoms with Crippen LogP contribution >= 0.6 is 11.6 Å². The van der Waals surface area contributed by atoms with Gasteiger partial charge < -0.3 is 14.4 Å². The second-order valence-electron chi connectivity index (χ2n) is 10.5. The molecule has 1 saturated heterocycles. The summed E-state index contributed by atoms with van der Waals surface area (Å²) in [5, 5.41) is 14.3. The molecule has 202 valence electrons. The second kappa shape index (κ2) is 11.6. The number of likely N-dealkylation sites (tertiary alicyclic amines) is 1. The van der Waals surface area contributed by atoms with E-state index in [9.17, 15) is 9.90 Å². The molecule has 2 heterocycles. The standard InChI is InChI=1S/C31H32ClN3O4/c1-21(2)18-24-12-13-25(19-27(24)32)29-33-28(34-39-29)23-10-8-22(9-11-23)20-35-16-14-31(15-17-35,38-30(36)37)26-6-4-3-5-7-26/h3-13,19,21H,14-18,20H2,1-2H3,(H,36,37). The van der Waals surface area contributed by atoms with Crippen molar-refractivity contribution in [3.05, 3.63) is 94.5 Å². The van der Waals surface area contributed by atoms with Crippen LogP contribution in [0.1, 0.15) is 43.4 Å². The number of hydrogen-bond acceptors (Lipinski definition) is 6. The highest BCUT2D eigenvalue weighted by Gasteiger charge is 2.40. The largest absolute Gasteiger partial charge is 0.506 e. The molecular weight excluding hydrogens is 514 g/mol. The smallest absolute Gasteiger partial charge is 0.450 e. The molecule has 8 heteroatoms. The van der Waals surface area contributed by atoms with Gasteiger partial charge in [-0.25, -0.2) is 4.79 Å². The molecule has 1 aliphatic rings. The zero-order chi connectivity index (χ0) is 27.4. The lowest BCUT2D eigenvalue weighted by atomic mass is 9.84. The minimum atomic E-state index is -1.24. The van der Waals surface area contributed by atoms with Gasteiger partial charge in [-0.3, -0.25) is 4.90 Å². The van der Waals surface area contributed by atoms with Gasteiger partial charge in [0.15, 0.2) is 0 Å². The van der Waals surface area contributed by atoms with E-state index in [0.29, 0.717) is 35.5 Å². The molecule has 0 amide bonds. The van der Waals surface area contributed by atoms with Crippen LogP contribution in [0.5, 0.6) is 0 Å². The maximum atomic E-state index is 11.5.